The first kappa shape index (κ1) is 12.5. The fourth-order valence-corrected chi connectivity index (χ4v) is 1.53. The van der Waals surface area contributed by atoms with Gasteiger partial charge in [-0.15, -0.1) is 0 Å². The third kappa shape index (κ3) is 2.53. The number of nitrogen functional groups attached to an aromatic ring is 1. The van der Waals surface area contributed by atoms with E-state index in [0.29, 0.717) is 30.2 Å². The van der Waals surface area contributed by atoms with Gasteiger partial charge in [0.15, 0.2) is 0 Å². The lowest BCUT2D eigenvalue weighted by Gasteiger charge is -2.06. The molecule has 1 aromatic rings. The largest absolute Gasteiger partial charge is 0.395 e. The minimum absolute atomic E-state index is 0.131. The van der Waals surface area contributed by atoms with E-state index in [0.717, 1.165) is 12.8 Å². The minimum Gasteiger partial charge on any atom is -0.395 e. The predicted molar refractivity (Wildman–Crippen MR) is 64.3 cm³/mol. The third-order valence-electron chi connectivity index (χ3n) is 2.50. The number of unbranched alkanes of at least 4 members (excludes halogenated alkanes) is 1. The van der Waals surface area contributed by atoms with Crippen LogP contribution in [0.5, 0.6) is 0 Å². The minimum atomic E-state index is -0.131. The van der Waals surface area contributed by atoms with Crippen LogP contribution in [-0.2, 0) is 6.54 Å². The fourth-order valence-electron chi connectivity index (χ4n) is 1.53. The van der Waals surface area contributed by atoms with Gasteiger partial charge in [-0.2, -0.15) is 5.10 Å². The lowest BCUT2D eigenvalue weighted by atomic mass is 10.2. The van der Waals surface area contributed by atoms with Crippen LogP contribution in [0, 0.1) is 6.92 Å². The van der Waals surface area contributed by atoms with Gasteiger partial charge in [-0.1, -0.05) is 13.3 Å². The molecule has 0 unspecified atom stereocenters. The van der Waals surface area contributed by atoms with Gasteiger partial charge in [0.2, 0.25) is 0 Å². The number of rotatable bonds is 5. The quantitative estimate of drug-likeness (QED) is 0.741. The number of nitrogens with zero attached hydrogens (tertiary/aromatic N) is 2. The molecule has 1 rings (SSSR count). The summed E-state index contributed by atoms with van der Waals surface area (Å²) in [6, 6.07) is 0. The van der Waals surface area contributed by atoms with Gasteiger partial charge in [0.25, 0.3) is 5.91 Å². The van der Waals surface area contributed by atoms with Crippen molar-refractivity contribution < 1.29 is 4.79 Å². The summed E-state index contributed by atoms with van der Waals surface area (Å²) in [5, 5.41) is 7.06. The maximum absolute atomic E-state index is 11.9. The Bertz CT molecular complexity index is 370. The summed E-state index contributed by atoms with van der Waals surface area (Å²) in [6.07, 6.45) is 2.03. The molecule has 0 aliphatic carbocycles. The summed E-state index contributed by atoms with van der Waals surface area (Å²) in [6.45, 7) is 7.16. The summed E-state index contributed by atoms with van der Waals surface area (Å²) in [5.41, 5.74) is 7.52. The molecule has 1 aromatic heterocycles. The van der Waals surface area contributed by atoms with Gasteiger partial charge >= 0.3 is 0 Å². The van der Waals surface area contributed by atoms with Crippen LogP contribution in [0.2, 0.25) is 0 Å². The fraction of sp³-hybridized carbons (Fsp3) is 0.636. The number of carbonyl (C=O) groups is 1. The second-order valence-electron chi connectivity index (χ2n) is 3.77. The van der Waals surface area contributed by atoms with E-state index in [1.165, 1.54) is 0 Å². The van der Waals surface area contributed by atoms with Crippen LogP contribution < -0.4 is 11.1 Å². The summed E-state index contributed by atoms with van der Waals surface area (Å²) >= 11 is 0. The number of nitrogens with one attached hydrogen (secondary N) is 1. The maximum atomic E-state index is 11.9. The van der Waals surface area contributed by atoms with Crippen molar-refractivity contribution in [3.05, 3.63) is 11.4 Å². The van der Waals surface area contributed by atoms with Crippen molar-refractivity contribution >= 4 is 11.6 Å². The number of aromatic nitrogens is 2. The molecule has 0 spiro atoms. The Kier molecular flexibility index (Phi) is 4.34. The van der Waals surface area contributed by atoms with Crippen LogP contribution in [0.15, 0.2) is 0 Å². The molecule has 0 saturated heterocycles. The van der Waals surface area contributed by atoms with E-state index in [1.807, 2.05) is 13.8 Å². The first-order valence-electron chi connectivity index (χ1n) is 5.72. The van der Waals surface area contributed by atoms with Crippen LogP contribution in [0.25, 0.3) is 0 Å². The number of hydrogen-bond donors (Lipinski definition) is 2. The topological polar surface area (TPSA) is 72.9 Å². The molecule has 0 fully saturated rings. The van der Waals surface area contributed by atoms with Crippen LogP contribution in [0.3, 0.4) is 0 Å². The number of anilines is 1. The van der Waals surface area contributed by atoms with Crippen LogP contribution in [0.4, 0.5) is 5.69 Å². The lowest BCUT2D eigenvalue weighted by Crippen LogP contribution is -2.27. The van der Waals surface area contributed by atoms with E-state index in [2.05, 4.69) is 17.3 Å². The summed E-state index contributed by atoms with van der Waals surface area (Å²) in [4.78, 5) is 11.9. The van der Waals surface area contributed by atoms with E-state index in [4.69, 9.17) is 5.73 Å². The smallest absolute Gasteiger partial charge is 0.271 e. The molecule has 16 heavy (non-hydrogen) atoms. The molecule has 0 saturated carbocycles. The highest BCUT2D eigenvalue weighted by Crippen LogP contribution is 2.15. The highest BCUT2D eigenvalue weighted by molar-refractivity contribution is 5.97. The second kappa shape index (κ2) is 5.53. The monoisotopic (exact) mass is 224 g/mol. The van der Waals surface area contributed by atoms with Gasteiger partial charge in [-0.25, -0.2) is 0 Å². The molecular formula is C11H20N4O. The van der Waals surface area contributed by atoms with E-state index >= 15 is 0 Å². The SMILES string of the molecule is CCCCNC(=O)c1c(N)c(C)nn1CC. The van der Waals surface area contributed by atoms with Gasteiger partial charge < -0.3 is 11.1 Å². The Hall–Kier alpha value is -1.52. The van der Waals surface area contributed by atoms with Gasteiger partial charge in [-0.05, 0) is 20.3 Å². The van der Waals surface area contributed by atoms with Crippen molar-refractivity contribution in [2.45, 2.75) is 40.2 Å². The number of aryl methyl sites for hydroxylation is 2. The van der Waals surface area contributed by atoms with Crippen LogP contribution >= 0.6 is 0 Å². The maximum Gasteiger partial charge on any atom is 0.271 e. The van der Waals surface area contributed by atoms with Gasteiger partial charge in [-0.3, -0.25) is 9.48 Å². The normalized spacial score (nSPS) is 10.4. The summed E-state index contributed by atoms with van der Waals surface area (Å²) in [5.74, 6) is -0.131. The zero-order valence-corrected chi connectivity index (χ0v) is 10.2. The van der Waals surface area contributed by atoms with Crippen molar-refractivity contribution in [3.63, 3.8) is 0 Å². The number of carbonyl (C=O) groups excluding carboxylic acids is 1. The van der Waals surface area contributed by atoms with E-state index in [9.17, 15) is 4.79 Å². The zero-order chi connectivity index (χ0) is 12.1. The zero-order valence-electron chi connectivity index (χ0n) is 10.2. The summed E-state index contributed by atoms with van der Waals surface area (Å²) in [7, 11) is 0. The number of amides is 1. The average Bonchev–Trinajstić information content (AvgIpc) is 2.55. The Balaban J connectivity index is 2.81. The van der Waals surface area contributed by atoms with Crippen LogP contribution in [0.1, 0.15) is 42.9 Å². The molecule has 1 amide bonds. The molecule has 5 heteroatoms. The van der Waals surface area contributed by atoms with Crippen molar-refractivity contribution in [1.29, 1.82) is 0 Å². The van der Waals surface area contributed by atoms with Crippen molar-refractivity contribution in [3.8, 4) is 0 Å². The second-order valence-corrected chi connectivity index (χ2v) is 3.77. The van der Waals surface area contributed by atoms with Crippen molar-refractivity contribution in [1.82, 2.24) is 15.1 Å². The van der Waals surface area contributed by atoms with Crippen molar-refractivity contribution in [2.24, 2.45) is 0 Å². The van der Waals surface area contributed by atoms with Gasteiger partial charge in [0.05, 0.1) is 11.4 Å². The van der Waals surface area contributed by atoms with Crippen molar-refractivity contribution in [2.75, 3.05) is 12.3 Å². The van der Waals surface area contributed by atoms with Gasteiger partial charge in [0.1, 0.15) is 5.69 Å². The molecular weight excluding hydrogens is 204 g/mol. The molecule has 90 valence electrons. The predicted octanol–water partition coefficient (Wildman–Crippen LogP) is 1.32. The van der Waals surface area contributed by atoms with E-state index in [1.54, 1.807) is 4.68 Å². The molecule has 0 radical (unpaired) electrons. The molecule has 0 aliphatic rings. The number of nitrogens with two attached hydrogens (primary N) is 1. The highest BCUT2D eigenvalue weighted by atomic mass is 16.2. The molecule has 0 aromatic carbocycles. The summed E-state index contributed by atoms with van der Waals surface area (Å²) < 4.78 is 1.64. The highest BCUT2D eigenvalue weighted by Gasteiger charge is 2.18. The Morgan fingerprint density at radius 1 is 1.50 bits per heavy atom. The van der Waals surface area contributed by atoms with E-state index in [-0.39, 0.29) is 5.91 Å². The third-order valence-corrected chi connectivity index (χ3v) is 2.50. The Labute approximate surface area is 96.0 Å². The lowest BCUT2D eigenvalue weighted by molar-refractivity contribution is 0.0943. The first-order chi connectivity index (χ1) is 7.61. The molecule has 0 bridgehead atoms. The Morgan fingerprint density at radius 2 is 2.19 bits per heavy atom. The van der Waals surface area contributed by atoms with Crippen LogP contribution in [-0.4, -0.2) is 22.2 Å². The standard InChI is InChI=1S/C11H20N4O/c1-4-6-7-13-11(16)10-9(12)8(3)14-15(10)5-2/h4-7,12H2,1-3H3,(H,13,16). The first-order valence-corrected chi connectivity index (χ1v) is 5.72. The van der Waals surface area contributed by atoms with E-state index < -0.39 is 0 Å². The number of hydrogen-bond acceptors (Lipinski definition) is 3. The molecule has 0 atom stereocenters. The molecule has 0 aliphatic heterocycles. The van der Waals surface area contributed by atoms with Gasteiger partial charge in [0, 0.05) is 13.1 Å². The Morgan fingerprint density at radius 3 is 2.75 bits per heavy atom. The average molecular weight is 224 g/mol. The molecule has 1 heterocycles. The molecule has 5 nitrogen and oxygen atoms in total. The molecule has 3 N–H and O–H groups in total.